The zero-order chi connectivity index (χ0) is 17.6. The Morgan fingerprint density at radius 3 is 2.88 bits per heavy atom. The van der Waals surface area contributed by atoms with Crippen molar-refractivity contribution < 1.29 is 18.0 Å². The summed E-state index contributed by atoms with van der Waals surface area (Å²) in [5, 5.41) is 3.26. The van der Waals surface area contributed by atoms with E-state index in [-0.39, 0.29) is 31.8 Å². The van der Waals surface area contributed by atoms with Gasteiger partial charge >= 0.3 is 0 Å². The minimum absolute atomic E-state index is 0.210. The van der Waals surface area contributed by atoms with Gasteiger partial charge in [-0.15, -0.1) is 0 Å². The van der Waals surface area contributed by atoms with E-state index >= 15 is 0 Å². The molecule has 3 aromatic rings. The smallest absolute Gasteiger partial charge is 0.250 e. The molecule has 1 amide bonds. The van der Waals surface area contributed by atoms with Crippen LogP contribution in [0, 0.1) is 0 Å². The molecule has 0 radical (unpaired) electrons. The second kappa shape index (κ2) is 5.99. The van der Waals surface area contributed by atoms with Crippen molar-refractivity contribution in [2.45, 2.75) is 31.7 Å². The van der Waals surface area contributed by atoms with Crippen LogP contribution in [0.2, 0.25) is 0 Å². The van der Waals surface area contributed by atoms with E-state index in [1.54, 1.807) is 17.9 Å². The van der Waals surface area contributed by atoms with Gasteiger partial charge in [0, 0.05) is 32.0 Å². The molecule has 1 aromatic carbocycles. The fraction of sp³-hybridized carbons (Fsp3) is 0.438. The van der Waals surface area contributed by atoms with Crippen LogP contribution in [0.3, 0.4) is 0 Å². The molecule has 1 fully saturated rings. The molecule has 0 unspecified atom stereocenters. The van der Waals surface area contributed by atoms with Gasteiger partial charge in [0.05, 0.1) is 16.3 Å². The van der Waals surface area contributed by atoms with Crippen molar-refractivity contribution in [3.63, 3.8) is 0 Å². The third-order valence-corrected chi connectivity index (χ3v) is 5.46. The number of benzene rings is 1. The number of alkyl halides is 2. The minimum Gasteiger partial charge on any atom is -0.443 e. The van der Waals surface area contributed by atoms with E-state index < -0.39 is 12.0 Å². The van der Waals surface area contributed by atoms with Gasteiger partial charge in [-0.25, -0.2) is 18.7 Å². The summed E-state index contributed by atoms with van der Waals surface area (Å²) in [4.78, 5) is 22.7. The first-order valence-electron chi connectivity index (χ1n) is 7.98. The summed E-state index contributed by atoms with van der Waals surface area (Å²) in [6.45, 7) is 2.15. The summed E-state index contributed by atoms with van der Waals surface area (Å²) in [7, 11) is 0. The molecular weight excluding hydrogens is 350 g/mol. The first-order chi connectivity index (χ1) is 11.9. The van der Waals surface area contributed by atoms with Crippen molar-refractivity contribution in [3.8, 4) is 0 Å². The van der Waals surface area contributed by atoms with E-state index in [0.29, 0.717) is 10.7 Å². The van der Waals surface area contributed by atoms with Gasteiger partial charge in [-0.05, 0) is 13.0 Å². The number of nitrogens with one attached hydrogen (secondary N) is 1. The van der Waals surface area contributed by atoms with Crippen molar-refractivity contribution in [1.82, 2.24) is 14.9 Å². The lowest BCUT2D eigenvalue weighted by Gasteiger charge is -2.34. The topological polar surface area (TPSA) is 71.3 Å². The highest BCUT2D eigenvalue weighted by Crippen LogP contribution is 2.31. The Hall–Kier alpha value is -2.13. The normalized spacial score (nSPS) is 19.3. The predicted octanol–water partition coefficient (Wildman–Crippen LogP) is 3.50. The summed E-state index contributed by atoms with van der Waals surface area (Å²) in [6.07, 6.45) is 0.955. The van der Waals surface area contributed by atoms with Crippen LogP contribution < -0.4 is 5.32 Å². The van der Waals surface area contributed by atoms with E-state index in [2.05, 4.69) is 15.3 Å². The number of aromatic nitrogens is 2. The van der Waals surface area contributed by atoms with Gasteiger partial charge in [0.1, 0.15) is 5.52 Å². The van der Waals surface area contributed by atoms with Crippen molar-refractivity contribution in [1.29, 1.82) is 0 Å². The monoisotopic (exact) mass is 366 g/mol. The number of piperidine rings is 1. The van der Waals surface area contributed by atoms with Crippen LogP contribution in [0.5, 0.6) is 0 Å². The van der Waals surface area contributed by atoms with E-state index in [4.69, 9.17) is 4.42 Å². The second-order valence-electron chi connectivity index (χ2n) is 6.22. The number of nitrogens with zero attached hydrogens (tertiary/aromatic N) is 3. The molecule has 25 heavy (non-hydrogen) atoms. The van der Waals surface area contributed by atoms with Crippen molar-refractivity contribution >= 4 is 43.7 Å². The lowest BCUT2D eigenvalue weighted by atomic mass is 10.1. The Kier molecular flexibility index (Phi) is 3.92. The fourth-order valence-electron chi connectivity index (χ4n) is 2.95. The van der Waals surface area contributed by atoms with Gasteiger partial charge in [0.2, 0.25) is 5.91 Å². The molecule has 3 heterocycles. The molecule has 132 valence electrons. The van der Waals surface area contributed by atoms with Crippen LogP contribution in [0.25, 0.3) is 21.3 Å². The van der Waals surface area contributed by atoms with Crippen LogP contribution in [0.1, 0.15) is 19.8 Å². The van der Waals surface area contributed by atoms with Gasteiger partial charge in [-0.3, -0.25) is 9.69 Å². The Balaban J connectivity index is 1.47. The van der Waals surface area contributed by atoms with E-state index in [9.17, 15) is 13.6 Å². The van der Waals surface area contributed by atoms with E-state index in [0.717, 1.165) is 15.7 Å². The van der Waals surface area contributed by atoms with Crippen LogP contribution in [-0.2, 0) is 4.79 Å². The fourth-order valence-corrected chi connectivity index (χ4v) is 3.83. The number of rotatable bonds is 3. The highest BCUT2D eigenvalue weighted by atomic mass is 32.1. The van der Waals surface area contributed by atoms with Crippen LogP contribution >= 0.6 is 11.3 Å². The maximum atomic E-state index is 13.3. The molecule has 9 heteroatoms. The highest BCUT2D eigenvalue weighted by Gasteiger charge is 2.36. The number of carbonyl (C=O) groups excluding carboxylic acids is 1. The zero-order valence-corrected chi connectivity index (χ0v) is 14.3. The summed E-state index contributed by atoms with van der Waals surface area (Å²) in [5.41, 5.74) is 2.09. The maximum absolute atomic E-state index is 13.3. The summed E-state index contributed by atoms with van der Waals surface area (Å²) in [5.74, 6) is -2.86. The van der Waals surface area contributed by atoms with Gasteiger partial charge in [-0.1, -0.05) is 11.3 Å². The standard InChI is InChI=1S/C16H16F2N4O2S/c1-9(22-4-2-16(17,18)3-5-22)14(23)21-15-20-11-6-12-10(19-8-24-12)7-13(11)25-15/h6-9H,2-5H2,1H3,(H,20,21,23)/t9-/m0/s1. The average Bonchev–Trinajstić information content (AvgIpc) is 3.16. The molecule has 0 saturated carbocycles. The number of fused-ring (bicyclic) bond motifs is 2. The van der Waals surface area contributed by atoms with Crippen LogP contribution in [0.15, 0.2) is 22.9 Å². The molecule has 0 bridgehead atoms. The number of oxazole rings is 1. The van der Waals surface area contributed by atoms with Gasteiger partial charge < -0.3 is 9.73 Å². The minimum atomic E-state index is -2.62. The quantitative estimate of drug-likeness (QED) is 0.768. The number of hydrogen-bond donors (Lipinski definition) is 1. The molecule has 0 aliphatic carbocycles. The highest BCUT2D eigenvalue weighted by molar-refractivity contribution is 7.22. The van der Waals surface area contributed by atoms with Crippen LogP contribution in [-0.4, -0.2) is 45.8 Å². The first-order valence-corrected chi connectivity index (χ1v) is 8.79. The number of halogens is 2. The number of thiazole rings is 1. The van der Waals surface area contributed by atoms with Crippen molar-refractivity contribution in [2.24, 2.45) is 0 Å². The molecule has 2 aromatic heterocycles. The number of carbonyl (C=O) groups is 1. The molecular formula is C16H16F2N4O2S. The lowest BCUT2D eigenvalue weighted by molar-refractivity contribution is -0.124. The molecule has 1 aliphatic rings. The Morgan fingerprint density at radius 2 is 2.12 bits per heavy atom. The molecule has 6 nitrogen and oxygen atoms in total. The van der Waals surface area contributed by atoms with Gasteiger partial charge in [0.15, 0.2) is 17.1 Å². The molecule has 4 rings (SSSR count). The third kappa shape index (κ3) is 3.21. The molecule has 1 aliphatic heterocycles. The first kappa shape index (κ1) is 16.3. The Labute approximate surface area is 145 Å². The number of hydrogen-bond acceptors (Lipinski definition) is 6. The van der Waals surface area contributed by atoms with Gasteiger partial charge in [0.25, 0.3) is 5.92 Å². The SMILES string of the molecule is C[C@@H](C(=O)Nc1nc2cc3ocnc3cc2s1)N1CCC(F)(F)CC1. The molecule has 0 spiro atoms. The zero-order valence-electron chi connectivity index (χ0n) is 13.5. The maximum Gasteiger partial charge on any atom is 0.250 e. The van der Waals surface area contributed by atoms with E-state index in [1.807, 2.05) is 6.07 Å². The third-order valence-electron chi connectivity index (χ3n) is 4.53. The van der Waals surface area contributed by atoms with Crippen molar-refractivity contribution in [3.05, 3.63) is 18.5 Å². The summed E-state index contributed by atoms with van der Waals surface area (Å²) < 4.78 is 32.6. The van der Waals surface area contributed by atoms with E-state index in [1.165, 1.54) is 17.7 Å². The average molecular weight is 366 g/mol. The van der Waals surface area contributed by atoms with Crippen LogP contribution in [0.4, 0.5) is 13.9 Å². The predicted molar refractivity (Wildman–Crippen MR) is 91.0 cm³/mol. The lowest BCUT2D eigenvalue weighted by Crippen LogP contribution is -2.48. The molecule has 1 saturated heterocycles. The molecule has 1 atom stereocenters. The number of likely N-dealkylation sites (tertiary alicyclic amines) is 1. The molecule has 1 N–H and O–H groups in total. The number of anilines is 1. The van der Waals surface area contributed by atoms with Crippen molar-refractivity contribution in [2.75, 3.05) is 18.4 Å². The largest absolute Gasteiger partial charge is 0.443 e. The number of amides is 1. The summed E-state index contributed by atoms with van der Waals surface area (Å²) in [6, 6.07) is 3.15. The summed E-state index contributed by atoms with van der Waals surface area (Å²) >= 11 is 1.34. The Bertz CT molecular complexity index is 881. The Morgan fingerprint density at radius 1 is 1.36 bits per heavy atom. The second-order valence-corrected chi connectivity index (χ2v) is 7.25. The van der Waals surface area contributed by atoms with Gasteiger partial charge in [-0.2, -0.15) is 0 Å².